The zero-order valence-corrected chi connectivity index (χ0v) is 19.1. The first-order valence-electron chi connectivity index (χ1n) is 12.3. The molecular weight excluding hydrogens is 419 g/mol. The van der Waals surface area contributed by atoms with Crippen molar-refractivity contribution in [1.29, 1.82) is 0 Å². The fourth-order valence-electron chi connectivity index (χ4n) is 4.94. The number of amides is 1. The third kappa shape index (κ3) is 5.54. The molecule has 2 saturated heterocycles. The summed E-state index contributed by atoms with van der Waals surface area (Å²) in [6, 6.07) is 9.49. The second kappa shape index (κ2) is 9.93. The van der Waals surface area contributed by atoms with Crippen LogP contribution in [0.2, 0.25) is 0 Å². The lowest BCUT2D eigenvalue weighted by molar-refractivity contribution is -0.131. The fourth-order valence-corrected chi connectivity index (χ4v) is 4.94. The minimum Gasteiger partial charge on any atom is -0.367 e. The molecule has 1 aromatic heterocycles. The van der Waals surface area contributed by atoms with Crippen molar-refractivity contribution in [3.63, 3.8) is 0 Å². The van der Waals surface area contributed by atoms with Crippen LogP contribution < -0.4 is 15.1 Å². The van der Waals surface area contributed by atoms with Crippen LogP contribution in [0, 0.1) is 11.7 Å². The van der Waals surface area contributed by atoms with Gasteiger partial charge in [0.15, 0.2) is 0 Å². The highest BCUT2D eigenvalue weighted by atomic mass is 19.1. The number of carbonyl (C=O) groups excluding carboxylic acids is 1. The summed E-state index contributed by atoms with van der Waals surface area (Å²) in [7, 11) is 0. The number of nitrogens with zero attached hydrogens (tertiary/aromatic N) is 5. The van der Waals surface area contributed by atoms with Gasteiger partial charge in [0.25, 0.3) is 0 Å². The summed E-state index contributed by atoms with van der Waals surface area (Å²) in [4.78, 5) is 28.0. The van der Waals surface area contributed by atoms with E-state index in [1.54, 1.807) is 12.4 Å². The van der Waals surface area contributed by atoms with Crippen molar-refractivity contribution in [1.82, 2.24) is 14.9 Å². The molecule has 8 heteroatoms. The zero-order valence-electron chi connectivity index (χ0n) is 19.1. The van der Waals surface area contributed by atoms with Crippen LogP contribution in [0.3, 0.4) is 0 Å². The number of rotatable bonds is 7. The lowest BCUT2D eigenvalue weighted by Gasteiger charge is -2.37. The molecule has 1 amide bonds. The molecular formula is C25H33FN6O. The number of anilines is 3. The van der Waals surface area contributed by atoms with Gasteiger partial charge in [-0.2, -0.15) is 0 Å². The number of para-hydroxylation sites is 1. The summed E-state index contributed by atoms with van der Waals surface area (Å²) in [6.45, 7) is 4.60. The monoisotopic (exact) mass is 452 g/mol. The van der Waals surface area contributed by atoms with E-state index >= 15 is 0 Å². The van der Waals surface area contributed by atoms with E-state index in [0.717, 1.165) is 44.0 Å². The van der Waals surface area contributed by atoms with Crippen molar-refractivity contribution in [2.45, 2.75) is 44.6 Å². The second-order valence-corrected chi connectivity index (χ2v) is 9.49. The van der Waals surface area contributed by atoms with Crippen molar-refractivity contribution in [3.8, 4) is 0 Å². The largest absolute Gasteiger partial charge is 0.367 e. The molecule has 1 saturated carbocycles. The summed E-state index contributed by atoms with van der Waals surface area (Å²) < 4.78 is 14.1. The molecule has 0 spiro atoms. The number of piperidine rings is 1. The topological polar surface area (TPSA) is 64.6 Å². The van der Waals surface area contributed by atoms with Crippen LogP contribution in [0.15, 0.2) is 36.7 Å². The highest BCUT2D eigenvalue weighted by Gasteiger charge is 2.26. The molecule has 7 nitrogen and oxygen atoms in total. The first kappa shape index (κ1) is 21.9. The van der Waals surface area contributed by atoms with Gasteiger partial charge in [0.1, 0.15) is 23.8 Å². The number of benzene rings is 1. The standard InChI is InChI=1S/C25H33FN6O/c26-21-5-1-2-6-22(21)30-12-14-31(15-13-30)25(33)10-7-19-4-3-11-32(17-19)24-16-23(27-18-28-24)29-20-8-9-20/h1-2,5-6,16,18-20H,3-4,7-15,17H2,(H,27,28,29)/t19-/m0/s1. The van der Waals surface area contributed by atoms with Gasteiger partial charge in [-0.05, 0) is 50.2 Å². The highest BCUT2D eigenvalue weighted by Crippen LogP contribution is 2.28. The van der Waals surface area contributed by atoms with Crippen molar-refractivity contribution in [3.05, 3.63) is 42.5 Å². The molecule has 3 fully saturated rings. The Labute approximate surface area is 195 Å². The molecule has 5 rings (SSSR count). The predicted octanol–water partition coefficient (Wildman–Crippen LogP) is 3.54. The molecule has 3 aliphatic rings. The molecule has 2 aromatic rings. The summed E-state index contributed by atoms with van der Waals surface area (Å²) in [5.74, 6) is 2.41. The first-order chi connectivity index (χ1) is 16.2. The van der Waals surface area contributed by atoms with Crippen LogP contribution in [0.5, 0.6) is 0 Å². The van der Waals surface area contributed by atoms with Gasteiger partial charge < -0.3 is 20.0 Å². The van der Waals surface area contributed by atoms with E-state index in [-0.39, 0.29) is 11.7 Å². The van der Waals surface area contributed by atoms with Crippen LogP contribution in [-0.2, 0) is 4.79 Å². The van der Waals surface area contributed by atoms with Crippen molar-refractivity contribution in [2.75, 3.05) is 54.4 Å². The number of halogens is 1. The minimum absolute atomic E-state index is 0.196. The molecule has 1 aromatic carbocycles. The second-order valence-electron chi connectivity index (χ2n) is 9.49. The van der Waals surface area contributed by atoms with Gasteiger partial charge in [-0.1, -0.05) is 12.1 Å². The Kier molecular flexibility index (Phi) is 6.60. The third-order valence-electron chi connectivity index (χ3n) is 7.02. The summed E-state index contributed by atoms with van der Waals surface area (Å²) >= 11 is 0. The molecule has 3 heterocycles. The number of hydrogen-bond acceptors (Lipinski definition) is 6. The SMILES string of the molecule is O=C(CC[C@@H]1CCCN(c2cc(NC3CC3)ncn2)C1)N1CCN(c2ccccc2F)CC1. The van der Waals surface area contributed by atoms with Crippen LogP contribution in [0.1, 0.15) is 38.5 Å². The Morgan fingerprint density at radius 1 is 1.03 bits per heavy atom. The maximum atomic E-state index is 14.1. The maximum absolute atomic E-state index is 14.1. The number of piperazine rings is 1. The summed E-state index contributed by atoms with van der Waals surface area (Å²) in [5, 5.41) is 3.45. The third-order valence-corrected chi connectivity index (χ3v) is 7.02. The molecule has 0 radical (unpaired) electrons. The lowest BCUT2D eigenvalue weighted by Crippen LogP contribution is -2.49. The van der Waals surface area contributed by atoms with E-state index in [9.17, 15) is 9.18 Å². The highest BCUT2D eigenvalue weighted by molar-refractivity contribution is 5.76. The van der Waals surface area contributed by atoms with Gasteiger partial charge in [-0.15, -0.1) is 0 Å². The number of hydrogen-bond donors (Lipinski definition) is 1. The molecule has 2 aliphatic heterocycles. The van der Waals surface area contributed by atoms with Crippen LogP contribution >= 0.6 is 0 Å². The predicted molar refractivity (Wildman–Crippen MR) is 128 cm³/mol. The number of aromatic nitrogens is 2. The molecule has 33 heavy (non-hydrogen) atoms. The van der Waals surface area contributed by atoms with Crippen LogP contribution in [0.25, 0.3) is 0 Å². The van der Waals surface area contributed by atoms with E-state index in [2.05, 4.69) is 26.3 Å². The summed E-state index contributed by atoms with van der Waals surface area (Å²) in [5.41, 5.74) is 0.632. The van der Waals surface area contributed by atoms with Gasteiger partial charge in [0.2, 0.25) is 5.91 Å². The van der Waals surface area contributed by atoms with Crippen LogP contribution in [0.4, 0.5) is 21.7 Å². The van der Waals surface area contributed by atoms with Crippen molar-refractivity contribution < 1.29 is 9.18 Å². The Hall–Kier alpha value is -2.90. The summed E-state index contributed by atoms with van der Waals surface area (Å²) in [6.07, 6.45) is 7.85. The molecule has 0 bridgehead atoms. The smallest absolute Gasteiger partial charge is 0.222 e. The Morgan fingerprint density at radius 2 is 1.85 bits per heavy atom. The van der Waals surface area contributed by atoms with Crippen LogP contribution in [-0.4, -0.2) is 66.1 Å². The van der Waals surface area contributed by atoms with Gasteiger partial charge in [-0.25, -0.2) is 14.4 Å². The molecule has 176 valence electrons. The Balaban J connectivity index is 1.09. The van der Waals surface area contributed by atoms with Crippen molar-refractivity contribution >= 4 is 23.2 Å². The maximum Gasteiger partial charge on any atom is 0.222 e. The van der Waals surface area contributed by atoms with E-state index < -0.39 is 0 Å². The molecule has 0 unspecified atom stereocenters. The number of nitrogens with one attached hydrogen (secondary N) is 1. The number of carbonyl (C=O) groups is 1. The van der Waals surface area contributed by atoms with Gasteiger partial charge in [-0.3, -0.25) is 4.79 Å². The van der Waals surface area contributed by atoms with E-state index in [0.29, 0.717) is 50.2 Å². The van der Waals surface area contributed by atoms with Gasteiger partial charge >= 0.3 is 0 Å². The first-order valence-corrected chi connectivity index (χ1v) is 12.3. The fraction of sp³-hybridized carbons (Fsp3) is 0.560. The van der Waals surface area contributed by atoms with E-state index in [1.165, 1.54) is 18.9 Å². The normalized spacial score (nSPS) is 21.2. The zero-order chi connectivity index (χ0) is 22.6. The average Bonchev–Trinajstić information content (AvgIpc) is 3.67. The Morgan fingerprint density at radius 3 is 2.64 bits per heavy atom. The molecule has 1 atom stereocenters. The van der Waals surface area contributed by atoms with E-state index in [1.807, 2.05) is 21.9 Å². The molecule has 1 N–H and O–H groups in total. The van der Waals surface area contributed by atoms with E-state index in [4.69, 9.17) is 0 Å². The quantitative estimate of drug-likeness (QED) is 0.693. The van der Waals surface area contributed by atoms with Gasteiger partial charge in [0.05, 0.1) is 5.69 Å². The van der Waals surface area contributed by atoms with Gasteiger partial charge in [0, 0.05) is 57.8 Å². The average molecular weight is 453 g/mol. The Bertz CT molecular complexity index is 959. The lowest BCUT2D eigenvalue weighted by atomic mass is 9.93. The van der Waals surface area contributed by atoms with Crippen molar-refractivity contribution in [2.24, 2.45) is 5.92 Å². The molecule has 1 aliphatic carbocycles. The minimum atomic E-state index is -0.196.